The van der Waals surface area contributed by atoms with Crippen molar-refractivity contribution in [2.24, 2.45) is 5.92 Å². The SMILES string of the molecule is CC(C)COc1ccc(Cl)cc1CC1=CC=C(c2nc3ccc(CN(C)CCC#N)cc3[nH]2)C1. The Morgan fingerprint density at radius 2 is 2.06 bits per heavy atom. The summed E-state index contributed by atoms with van der Waals surface area (Å²) in [4.78, 5) is 10.5. The molecule has 0 unspecified atom stereocenters. The van der Waals surface area contributed by atoms with Gasteiger partial charge >= 0.3 is 0 Å². The lowest BCUT2D eigenvalue weighted by atomic mass is 10.0. The van der Waals surface area contributed by atoms with Gasteiger partial charge in [-0.05, 0) is 72.8 Å². The summed E-state index contributed by atoms with van der Waals surface area (Å²) in [6, 6.07) is 14.4. The lowest BCUT2D eigenvalue weighted by Gasteiger charge is -2.14. The van der Waals surface area contributed by atoms with Gasteiger partial charge in [0.05, 0.1) is 23.7 Å². The van der Waals surface area contributed by atoms with E-state index in [0.29, 0.717) is 18.9 Å². The predicted molar refractivity (Wildman–Crippen MR) is 139 cm³/mol. The molecular weight excluding hydrogens is 444 g/mol. The second-order valence-corrected chi connectivity index (χ2v) is 9.85. The van der Waals surface area contributed by atoms with Gasteiger partial charge in [0.2, 0.25) is 0 Å². The molecule has 1 N–H and O–H groups in total. The summed E-state index contributed by atoms with van der Waals surface area (Å²) in [5.74, 6) is 2.29. The maximum Gasteiger partial charge on any atom is 0.134 e. The molecule has 0 atom stereocenters. The van der Waals surface area contributed by atoms with Gasteiger partial charge in [-0.15, -0.1) is 0 Å². The van der Waals surface area contributed by atoms with Gasteiger partial charge in [-0.3, -0.25) is 0 Å². The van der Waals surface area contributed by atoms with Crippen LogP contribution in [-0.2, 0) is 13.0 Å². The fourth-order valence-electron chi connectivity index (χ4n) is 4.13. The highest BCUT2D eigenvalue weighted by Gasteiger charge is 2.17. The molecule has 3 aromatic rings. The summed E-state index contributed by atoms with van der Waals surface area (Å²) >= 11 is 6.28. The standard InChI is InChI=1S/C28H31ClN4O/c1-19(2)18-34-27-10-8-24(29)16-23(27)14-20-5-7-22(13-20)28-31-25-9-6-21(15-26(25)32-28)17-33(3)12-4-11-30/h5-10,15-16,19H,4,12-14,17-18H2,1-3H3,(H,31,32). The quantitative estimate of drug-likeness (QED) is 0.361. The van der Waals surface area contributed by atoms with Crippen LogP contribution >= 0.6 is 11.6 Å². The van der Waals surface area contributed by atoms with Crippen molar-refractivity contribution in [2.45, 2.75) is 39.7 Å². The molecule has 0 saturated heterocycles. The molecule has 5 nitrogen and oxygen atoms in total. The number of rotatable bonds is 10. The highest BCUT2D eigenvalue weighted by atomic mass is 35.5. The fraction of sp³-hybridized carbons (Fsp3) is 0.357. The molecule has 2 aromatic carbocycles. The molecule has 1 aliphatic rings. The van der Waals surface area contributed by atoms with E-state index in [1.54, 1.807) is 0 Å². The average Bonchev–Trinajstić information content (AvgIpc) is 3.43. The Morgan fingerprint density at radius 3 is 2.85 bits per heavy atom. The van der Waals surface area contributed by atoms with E-state index in [4.69, 9.17) is 26.6 Å². The number of hydrogen-bond donors (Lipinski definition) is 1. The van der Waals surface area contributed by atoms with E-state index in [1.807, 2.05) is 25.2 Å². The number of imidazole rings is 1. The molecule has 0 aliphatic heterocycles. The van der Waals surface area contributed by atoms with Crippen LogP contribution < -0.4 is 4.74 Å². The Hall–Kier alpha value is -3.07. The van der Waals surface area contributed by atoms with Crippen molar-refractivity contribution in [2.75, 3.05) is 20.2 Å². The second-order valence-electron chi connectivity index (χ2n) is 9.41. The van der Waals surface area contributed by atoms with E-state index < -0.39 is 0 Å². The first-order valence-electron chi connectivity index (χ1n) is 11.8. The molecule has 1 heterocycles. The molecule has 1 aromatic heterocycles. The third kappa shape index (κ3) is 6.08. The number of nitrogens with zero attached hydrogens (tertiary/aromatic N) is 3. The largest absolute Gasteiger partial charge is 0.493 e. The minimum Gasteiger partial charge on any atom is -0.493 e. The molecule has 0 amide bonds. The van der Waals surface area contributed by atoms with E-state index in [0.717, 1.165) is 59.1 Å². The number of allylic oxidation sites excluding steroid dienone is 4. The van der Waals surface area contributed by atoms with Crippen molar-refractivity contribution in [3.8, 4) is 11.8 Å². The number of fused-ring (bicyclic) bond motifs is 1. The Balaban J connectivity index is 1.42. The number of nitrogens with one attached hydrogen (secondary N) is 1. The Kier molecular flexibility index (Phi) is 7.72. The minimum atomic E-state index is 0.467. The van der Waals surface area contributed by atoms with Crippen LogP contribution in [0.2, 0.25) is 5.02 Å². The van der Waals surface area contributed by atoms with E-state index in [2.05, 4.69) is 60.2 Å². The van der Waals surface area contributed by atoms with Crippen LogP contribution in [0.15, 0.2) is 54.1 Å². The van der Waals surface area contributed by atoms with E-state index >= 15 is 0 Å². The van der Waals surface area contributed by atoms with E-state index in [1.165, 1.54) is 16.7 Å². The summed E-state index contributed by atoms with van der Waals surface area (Å²) in [6.07, 6.45) is 6.53. The van der Waals surface area contributed by atoms with Crippen molar-refractivity contribution in [1.29, 1.82) is 5.26 Å². The molecule has 34 heavy (non-hydrogen) atoms. The van der Waals surface area contributed by atoms with Crippen molar-refractivity contribution in [3.63, 3.8) is 0 Å². The smallest absolute Gasteiger partial charge is 0.134 e. The van der Waals surface area contributed by atoms with Gasteiger partial charge < -0.3 is 14.6 Å². The Morgan fingerprint density at radius 1 is 1.21 bits per heavy atom. The average molecular weight is 475 g/mol. The van der Waals surface area contributed by atoms with Crippen molar-refractivity contribution in [3.05, 3.63) is 76.1 Å². The summed E-state index contributed by atoms with van der Waals surface area (Å²) in [5, 5.41) is 9.52. The van der Waals surface area contributed by atoms with Crippen LogP contribution in [-0.4, -0.2) is 35.1 Å². The zero-order valence-corrected chi connectivity index (χ0v) is 20.8. The monoisotopic (exact) mass is 474 g/mol. The van der Waals surface area contributed by atoms with Gasteiger partial charge in [0.1, 0.15) is 11.6 Å². The van der Waals surface area contributed by atoms with Crippen LogP contribution in [0.5, 0.6) is 5.75 Å². The summed E-state index contributed by atoms with van der Waals surface area (Å²) in [6.45, 7) is 6.55. The molecule has 0 spiro atoms. The molecule has 0 saturated carbocycles. The van der Waals surface area contributed by atoms with Crippen LogP contribution in [0.1, 0.15) is 43.6 Å². The number of ether oxygens (including phenoxy) is 1. The number of nitriles is 1. The van der Waals surface area contributed by atoms with Gasteiger partial charge in [-0.1, -0.05) is 49.2 Å². The van der Waals surface area contributed by atoms with Crippen molar-refractivity contribution >= 4 is 28.2 Å². The lowest BCUT2D eigenvalue weighted by Crippen LogP contribution is -2.18. The Bertz CT molecular complexity index is 1270. The van der Waals surface area contributed by atoms with Gasteiger partial charge in [0, 0.05) is 24.5 Å². The maximum atomic E-state index is 8.79. The number of aromatic amines is 1. The Labute approximate surface area is 206 Å². The van der Waals surface area contributed by atoms with Crippen LogP contribution in [0.4, 0.5) is 0 Å². The van der Waals surface area contributed by atoms with E-state index in [-0.39, 0.29) is 0 Å². The van der Waals surface area contributed by atoms with Crippen LogP contribution in [0.3, 0.4) is 0 Å². The summed E-state index contributed by atoms with van der Waals surface area (Å²) < 4.78 is 6.03. The third-order valence-corrected chi connectivity index (χ3v) is 6.09. The normalized spacial score (nSPS) is 13.4. The van der Waals surface area contributed by atoms with E-state index in [9.17, 15) is 0 Å². The minimum absolute atomic E-state index is 0.467. The van der Waals surface area contributed by atoms with Gasteiger partial charge in [-0.2, -0.15) is 5.26 Å². The molecular formula is C28H31ClN4O. The molecule has 4 rings (SSSR count). The molecule has 176 valence electrons. The molecule has 1 aliphatic carbocycles. The van der Waals surface area contributed by atoms with Gasteiger partial charge in [0.25, 0.3) is 0 Å². The second kappa shape index (κ2) is 10.9. The molecule has 0 bridgehead atoms. The zero-order chi connectivity index (χ0) is 24.1. The zero-order valence-electron chi connectivity index (χ0n) is 20.1. The number of halogens is 1. The van der Waals surface area contributed by atoms with Gasteiger partial charge in [-0.25, -0.2) is 4.98 Å². The first kappa shape index (κ1) is 24.1. The van der Waals surface area contributed by atoms with Crippen molar-refractivity contribution < 1.29 is 4.74 Å². The first-order chi connectivity index (χ1) is 16.4. The van der Waals surface area contributed by atoms with Crippen LogP contribution in [0, 0.1) is 17.2 Å². The first-order valence-corrected chi connectivity index (χ1v) is 12.1. The summed E-state index contributed by atoms with van der Waals surface area (Å²) in [5.41, 5.74) is 6.82. The highest BCUT2D eigenvalue weighted by Crippen LogP contribution is 2.33. The van der Waals surface area contributed by atoms with Crippen LogP contribution in [0.25, 0.3) is 16.6 Å². The molecule has 6 heteroatoms. The van der Waals surface area contributed by atoms with Crippen molar-refractivity contribution in [1.82, 2.24) is 14.9 Å². The predicted octanol–water partition coefficient (Wildman–Crippen LogP) is 6.55. The maximum absolute atomic E-state index is 8.79. The number of benzene rings is 2. The number of H-pyrrole nitrogens is 1. The number of hydrogen-bond acceptors (Lipinski definition) is 4. The number of aromatic nitrogens is 2. The molecule has 0 fully saturated rings. The third-order valence-electron chi connectivity index (χ3n) is 5.86. The summed E-state index contributed by atoms with van der Waals surface area (Å²) in [7, 11) is 2.04. The van der Waals surface area contributed by atoms with Gasteiger partial charge in [0.15, 0.2) is 0 Å². The fourth-order valence-corrected chi connectivity index (χ4v) is 4.33. The highest BCUT2D eigenvalue weighted by molar-refractivity contribution is 6.30. The topological polar surface area (TPSA) is 64.9 Å². The molecule has 0 radical (unpaired) electrons. The lowest BCUT2D eigenvalue weighted by molar-refractivity contribution is 0.269.